The molecule has 15 heavy (non-hydrogen) atoms. The number of primary amides is 1. The number of rotatable bonds is 3. The van der Waals surface area contributed by atoms with Crippen LogP contribution in [0.3, 0.4) is 0 Å². The van der Waals surface area contributed by atoms with Crippen LogP contribution in [0.15, 0.2) is 18.2 Å². The van der Waals surface area contributed by atoms with E-state index in [0.29, 0.717) is 10.6 Å². The molecule has 0 aliphatic carbocycles. The molecule has 1 aromatic carbocycles. The minimum atomic E-state index is -1.69. The molecule has 0 aromatic heterocycles. The Hall–Kier alpha value is -0.770. The number of hydrogen-bond acceptors (Lipinski definition) is 2. The highest BCUT2D eigenvalue weighted by molar-refractivity contribution is 6.42. The Kier molecular flexibility index (Phi) is 3.60. The van der Waals surface area contributed by atoms with E-state index in [1.807, 2.05) is 0 Å². The van der Waals surface area contributed by atoms with Crippen molar-refractivity contribution in [2.75, 3.05) is 0 Å². The molecule has 1 amide bonds. The molecule has 0 bridgehead atoms. The second kappa shape index (κ2) is 4.39. The average Bonchev–Trinajstić information content (AvgIpc) is 2.20. The molecule has 0 aliphatic heterocycles. The average molecular weight is 248 g/mol. The van der Waals surface area contributed by atoms with Gasteiger partial charge >= 0.3 is 0 Å². The van der Waals surface area contributed by atoms with Crippen molar-refractivity contribution in [2.45, 2.75) is 18.9 Å². The van der Waals surface area contributed by atoms with Gasteiger partial charge in [-0.05, 0) is 24.1 Å². The van der Waals surface area contributed by atoms with Crippen LogP contribution in [0, 0.1) is 0 Å². The van der Waals surface area contributed by atoms with Crippen LogP contribution < -0.4 is 5.73 Å². The Labute approximate surface area is 97.8 Å². The molecule has 0 saturated carbocycles. The third kappa shape index (κ3) is 2.25. The summed E-state index contributed by atoms with van der Waals surface area (Å²) in [6, 6.07) is 4.49. The van der Waals surface area contributed by atoms with Gasteiger partial charge in [0.1, 0.15) is 0 Å². The lowest BCUT2D eigenvalue weighted by Crippen LogP contribution is -2.40. The van der Waals surface area contributed by atoms with Gasteiger partial charge in [0.05, 0.1) is 10.0 Å². The highest BCUT2D eigenvalue weighted by atomic mass is 35.5. The minimum Gasteiger partial charge on any atom is -0.375 e. The van der Waals surface area contributed by atoms with Gasteiger partial charge in [0.2, 0.25) is 0 Å². The molecule has 1 aromatic rings. The second-order valence-corrected chi connectivity index (χ2v) is 4.02. The van der Waals surface area contributed by atoms with E-state index in [4.69, 9.17) is 28.9 Å². The lowest BCUT2D eigenvalue weighted by atomic mass is 9.90. The normalized spacial score (nSPS) is 14.7. The largest absolute Gasteiger partial charge is 0.375 e. The highest BCUT2D eigenvalue weighted by Crippen LogP contribution is 2.30. The fourth-order valence-electron chi connectivity index (χ4n) is 1.27. The molecule has 0 radical (unpaired) electrons. The van der Waals surface area contributed by atoms with E-state index in [0.717, 1.165) is 0 Å². The summed E-state index contributed by atoms with van der Waals surface area (Å²) < 4.78 is 0. The van der Waals surface area contributed by atoms with Crippen LogP contribution in [0.1, 0.15) is 18.9 Å². The molecule has 3 nitrogen and oxygen atoms in total. The molecule has 82 valence electrons. The monoisotopic (exact) mass is 247 g/mol. The Morgan fingerprint density at radius 3 is 2.47 bits per heavy atom. The molecule has 0 heterocycles. The molecule has 1 rings (SSSR count). The van der Waals surface area contributed by atoms with Gasteiger partial charge in [-0.3, -0.25) is 4.79 Å². The Bertz CT molecular complexity index is 395. The maximum Gasteiger partial charge on any atom is 0.254 e. The molecule has 0 saturated heterocycles. The van der Waals surface area contributed by atoms with Crippen molar-refractivity contribution < 1.29 is 9.90 Å². The first-order valence-electron chi connectivity index (χ1n) is 4.39. The SMILES string of the molecule is CCC(O)(C(N)=O)c1ccc(Cl)c(Cl)c1. The number of benzene rings is 1. The van der Waals surface area contributed by atoms with Crippen LogP contribution in [-0.2, 0) is 10.4 Å². The van der Waals surface area contributed by atoms with Crippen LogP contribution in [0.25, 0.3) is 0 Å². The van der Waals surface area contributed by atoms with Crippen molar-refractivity contribution >= 4 is 29.1 Å². The van der Waals surface area contributed by atoms with Gasteiger partial charge in [-0.1, -0.05) is 36.2 Å². The van der Waals surface area contributed by atoms with Crippen molar-refractivity contribution in [3.63, 3.8) is 0 Å². The van der Waals surface area contributed by atoms with Crippen molar-refractivity contribution in [1.29, 1.82) is 0 Å². The summed E-state index contributed by atoms with van der Waals surface area (Å²) in [5, 5.41) is 10.7. The zero-order valence-electron chi connectivity index (χ0n) is 8.13. The van der Waals surface area contributed by atoms with Crippen LogP contribution in [0.4, 0.5) is 0 Å². The van der Waals surface area contributed by atoms with E-state index in [9.17, 15) is 9.90 Å². The minimum absolute atomic E-state index is 0.181. The summed E-state index contributed by atoms with van der Waals surface area (Å²) in [4.78, 5) is 11.1. The van der Waals surface area contributed by atoms with Gasteiger partial charge < -0.3 is 10.8 Å². The smallest absolute Gasteiger partial charge is 0.254 e. The maximum atomic E-state index is 11.1. The molecule has 5 heteroatoms. The summed E-state index contributed by atoms with van der Waals surface area (Å²) in [6.07, 6.45) is 0.181. The van der Waals surface area contributed by atoms with Gasteiger partial charge in [-0.2, -0.15) is 0 Å². The summed E-state index contributed by atoms with van der Waals surface area (Å²) in [6.45, 7) is 1.66. The summed E-state index contributed by atoms with van der Waals surface area (Å²) >= 11 is 11.5. The summed E-state index contributed by atoms with van der Waals surface area (Å²) in [5.41, 5.74) is 3.80. The molecular weight excluding hydrogens is 237 g/mol. The van der Waals surface area contributed by atoms with E-state index < -0.39 is 11.5 Å². The predicted molar refractivity (Wildman–Crippen MR) is 59.8 cm³/mol. The number of carbonyl (C=O) groups is 1. The van der Waals surface area contributed by atoms with Crippen LogP contribution in [0.5, 0.6) is 0 Å². The standard InChI is InChI=1S/C10H11Cl2NO2/c1-2-10(15,9(13)14)6-3-4-7(11)8(12)5-6/h3-5,15H,2H2,1H3,(H2,13,14). The van der Waals surface area contributed by atoms with Gasteiger partial charge in [0.15, 0.2) is 5.60 Å². The fourth-order valence-corrected chi connectivity index (χ4v) is 1.57. The van der Waals surface area contributed by atoms with Crippen LogP contribution >= 0.6 is 23.2 Å². The number of nitrogens with two attached hydrogens (primary N) is 1. The van der Waals surface area contributed by atoms with Gasteiger partial charge in [-0.25, -0.2) is 0 Å². The molecule has 3 N–H and O–H groups in total. The van der Waals surface area contributed by atoms with Crippen molar-refractivity contribution in [3.05, 3.63) is 33.8 Å². The van der Waals surface area contributed by atoms with E-state index in [1.54, 1.807) is 6.92 Å². The quantitative estimate of drug-likeness (QED) is 0.860. The molecule has 0 fully saturated rings. The van der Waals surface area contributed by atoms with Crippen molar-refractivity contribution in [1.82, 2.24) is 0 Å². The number of carbonyl (C=O) groups excluding carboxylic acids is 1. The Morgan fingerprint density at radius 2 is 2.07 bits per heavy atom. The first-order chi connectivity index (χ1) is 6.91. The van der Waals surface area contributed by atoms with Crippen LogP contribution in [0.2, 0.25) is 10.0 Å². The lowest BCUT2D eigenvalue weighted by molar-refractivity contribution is -0.137. The first-order valence-corrected chi connectivity index (χ1v) is 5.15. The molecule has 0 spiro atoms. The lowest BCUT2D eigenvalue weighted by Gasteiger charge is -2.23. The molecule has 1 unspecified atom stereocenters. The Morgan fingerprint density at radius 1 is 1.47 bits per heavy atom. The zero-order valence-corrected chi connectivity index (χ0v) is 9.64. The maximum absolute atomic E-state index is 11.1. The van der Waals surface area contributed by atoms with E-state index >= 15 is 0 Å². The van der Waals surface area contributed by atoms with E-state index in [-0.39, 0.29) is 11.4 Å². The van der Waals surface area contributed by atoms with Gasteiger partial charge in [0, 0.05) is 0 Å². The van der Waals surface area contributed by atoms with Gasteiger partial charge in [0.25, 0.3) is 5.91 Å². The van der Waals surface area contributed by atoms with E-state index in [2.05, 4.69) is 0 Å². The number of halogens is 2. The third-order valence-electron chi connectivity index (χ3n) is 2.32. The number of amides is 1. The van der Waals surface area contributed by atoms with Crippen molar-refractivity contribution in [2.24, 2.45) is 5.73 Å². The topological polar surface area (TPSA) is 63.3 Å². The Balaban J connectivity index is 3.25. The number of hydrogen-bond donors (Lipinski definition) is 2. The van der Waals surface area contributed by atoms with Crippen LogP contribution in [-0.4, -0.2) is 11.0 Å². The molecule has 0 aliphatic rings. The predicted octanol–water partition coefficient (Wildman–Crippen LogP) is 2.08. The van der Waals surface area contributed by atoms with E-state index in [1.165, 1.54) is 18.2 Å². The summed E-state index contributed by atoms with van der Waals surface area (Å²) in [7, 11) is 0. The summed E-state index contributed by atoms with van der Waals surface area (Å²) in [5.74, 6) is -0.802. The molecular formula is C10H11Cl2NO2. The third-order valence-corrected chi connectivity index (χ3v) is 3.06. The molecule has 1 atom stereocenters. The first kappa shape index (κ1) is 12.3. The zero-order chi connectivity index (χ0) is 11.6. The fraction of sp³-hybridized carbons (Fsp3) is 0.300. The number of aliphatic hydroxyl groups is 1. The van der Waals surface area contributed by atoms with Gasteiger partial charge in [-0.15, -0.1) is 0 Å². The highest BCUT2D eigenvalue weighted by Gasteiger charge is 2.34. The van der Waals surface area contributed by atoms with Crippen molar-refractivity contribution in [3.8, 4) is 0 Å². The second-order valence-electron chi connectivity index (χ2n) is 3.21.